The summed E-state index contributed by atoms with van der Waals surface area (Å²) in [6.45, 7) is 8.14. The van der Waals surface area contributed by atoms with Gasteiger partial charge in [-0.3, -0.25) is 0 Å². The second-order valence-corrected chi connectivity index (χ2v) is 6.78. The van der Waals surface area contributed by atoms with Gasteiger partial charge in [0.1, 0.15) is 11.6 Å². The SMILES string of the molecule is CCNC(=NCc1c(CC)noc1CC)NCCSc1ccccc1F.I. The minimum Gasteiger partial charge on any atom is -0.361 e. The average molecular weight is 506 g/mol. The number of guanidine groups is 1. The van der Waals surface area contributed by atoms with Crippen LogP contribution in [0.5, 0.6) is 0 Å². The summed E-state index contributed by atoms with van der Waals surface area (Å²) in [7, 11) is 0. The van der Waals surface area contributed by atoms with Gasteiger partial charge in [0.15, 0.2) is 5.96 Å². The van der Waals surface area contributed by atoms with Crippen LogP contribution in [-0.4, -0.2) is 30.0 Å². The van der Waals surface area contributed by atoms with Gasteiger partial charge in [-0.15, -0.1) is 35.7 Å². The first-order valence-electron chi connectivity index (χ1n) is 9.05. The van der Waals surface area contributed by atoms with Crippen LogP contribution in [0.1, 0.15) is 37.8 Å². The molecule has 1 heterocycles. The number of halogens is 2. The van der Waals surface area contributed by atoms with Gasteiger partial charge < -0.3 is 15.2 Å². The molecule has 0 atom stereocenters. The molecule has 0 spiro atoms. The first kappa shape index (κ1) is 23.7. The molecule has 0 saturated carbocycles. The molecule has 0 fully saturated rings. The van der Waals surface area contributed by atoms with Gasteiger partial charge >= 0.3 is 0 Å². The Morgan fingerprint density at radius 1 is 1.19 bits per heavy atom. The Balaban J connectivity index is 0.00000364. The lowest BCUT2D eigenvalue weighted by Crippen LogP contribution is -2.38. The molecule has 2 N–H and O–H groups in total. The van der Waals surface area contributed by atoms with E-state index >= 15 is 0 Å². The quantitative estimate of drug-likeness (QED) is 0.174. The van der Waals surface area contributed by atoms with E-state index in [1.165, 1.54) is 17.8 Å². The number of aliphatic imine (C=N–C) groups is 1. The van der Waals surface area contributed by atoms with E-state index in [-0.39, 0.29) is 29.8 Å². The van der Waals surface area contributed by atoms with Crippen LogP contribution in [0.2, 0.25) is 0 Å². The predicted octanol–water partition coefficient (Wildman–Crippen LogP) is 4.40. The number of nitrogens with one attached hydrogen (secondary N) is 2. The van der Waals surface area contributed by atoms with E-state index in [0.717, 1.165) is 48.1 Å². The summed E-state index contributed by atoms with van der Waals surface area (Å²) in [6.07, 6.45) is 1.64. The minimum absolute atomic E-state index is 0. The summed E-state index contributed by atoms with van der Waals surface area (Å²) >= 11 is 1.49. The smallest absolute Gasteiger partial charge is 0.191 e. The van der Waals surface area contributed by atoms with Crippen molar-refractivity contribution in [2.45, 2.75) is 45.1 Å². The van der Waals surface area contributed by atoms with Crippen molar-refractivity contribution in [2.24, 2.45) is 4.99 Å². The van der Waals surface area contributed by atoms with Gasteiger partial charge in [0.05, 0.1) is 12.2 Å². The number of rotatable bonds is 9. The Morgan fingerprint density at radius 2 is 1.96 bits per heavy atom. The number of aromatic nitrogens is 1. The molecule has 0 aliphatic heterocycles. The topological polar surface area (TPSA) is 62.5 Å². The van der Waals surface area contributed by atoms with Crippen LogP contribution in [0, 0.1) is 5.82 Å². The van der Waals surface area contributed by atoms with Crippen molar-refractivity contribution < 1.29 is 8.91 Å². The molecule has 1 aromatic heterocycles. The van der Waals surface area contributed by atoms with Crippen LogP contribution >= 0.6 is 35.7 Å². The van der Waals surface area contributed by atoms with Crippen molar-refractivity contribution in [1.29, 1.82) is 0 Å². The Labute approximate surface area is 182 Å². The molecule has 0 radical (unpaired) electrons. The van der Waals surface area contributed by atoms with Gasteiger partial charge in [-0.1, -0.05) is 31.1 Å². The van der Waals surface area contributed by atoms with Gasteiger partial charge in [0.2, 0.25) is 0 Å². The Hall–Kier alpha value is -1.29. The predicted molar refractivity (Wildman–Crippen MR) is 121 cm³/mol. The van der Waals surface area contributed by atoms with Crippen molar-refractivity contribution in [3.05, 3.63) is 47.1 Å². The molecule has 0 unspecified atom stereocenters. The molecule has 0 aliphatic rings. The lowest BCUT2D eigenvalue weighted by Gasteiger charge is -2.11. The van der Waals surface area contributed by atoms with Crippen molar-refractivity contribution in [2.75, 3.05) is 18.8 Å². The zero-order valence-electron chi connectivity index (χ0n) is 16.0. The number of benzene rings is 1. The zero-order chi connectivity index (χ0) is 18.8. The van der Waals surface area contributed by atoms with Crippen molar-refractivity contribution in [3.8, 4) is 0 Å². The molecule has 2 aromatic rings. The van der Waals surface area contributed by atoms with Crippen LogP contribution < -0.4 is 10.6 Å². The van der Waals surface area contributed by atoms with Crippen molar-refractivity contribution in [1.82, 2.24) is 15.8 Å². The maximum Gasteiger partial charge on any atom is 0.191 e. The van der Waals surface area contributed by atoms with Crippen LogP contribution in [-0.2, 0) is 19.4 Å². The second kappa shape index (κ2) is 13.0. The molecule has 0 aliphatic carbocycles. The Kier molecular flexibility index (Phi) is 11.4. The van der Waals surface area contributed by atoms with Gasteiger partial charge in [-0.25, -0.2) is 9.38 Å². The highest BCUT2D eigenvalue weighted by Gasteiger charge is 2.13. The monoisotopic (exact) mass is 506 g/mol. The van der Waals surface area contributed by atoms with E-state index in [0.29, 0.717) is 18.0 Å². The van der Waals surface area contributed by atoms with E-state index < -0.39 is 0 Å². The van der Waals surface area contributed by atoms with Gasteiger partial charge in [0.25, 0.3) is 0 Å². The third kappa shape index (κ3) is 7.33. The number of hydrogen-bond acceptors (Lipinski definition) is 4. The van der Waals surface area contributed by atoms with E-state index in [9.17, 15) is 4.39 Å². The summed E-state index contributed by atoms with van der Waals surface area (Å²) in [4.78, 5) is 5.31. The van der Waals surface area contributed by atoms with Gasteiger partial charge in [-0.05, 0) is 25.5 Å². The van der Waals surface area contributed by atoms with Crippen LogP contribution in [0.3, 0.4) is 0 Å². The molecule has 5 nitrogen and oxygen atoms in total. The van der Waals surface area contributed by atoms with E-state index in [1.54, 1.807) is 12.1 Å². The zero-order valence-corrected chi connectivity index (χ0v) is 19.2. The first-order valence-corrected chi connectivity index (χ1v) is 10.0. The maximum absolute atomic E-state index is 13.6. The summed E-state index contributed by atoms with van der Waals surface area (Å²) < 4.78 is 19.0. The van der Waals surface area contributed by atoms with Gasteiger partial charge in [-0.2, -0.15) is 0 Å². The first-order chi connectivity index (χ1) is 12.7. The largest absolute Gasteiger partial charge is 0.361 e. The molecule has 8 heteroatoms. The number of nitrogens with zero attached hydrogens (tertiary/aromatic N) is 2. The molecule has 0 amide bonds. The highest BCUT2D eigenvalue weighted by atomic mass is 127. The van der Waals surface area contributed by atoms with Crippen LogP contribution in [0.4, 0.5) is 4.39 Å². The minimum atomic E-state index is -0.176. The lowest BCUT2D eigenvalue weighted by atomic mass is 10.1. The van der Waals surface area contributed by atoms with Crippen molar-refractivity contribution in [3.63, 3.8) is 0 Å². The summed E-state index contributed by atoms with van der Waals surface area (Å²) in [5.41, 5.74) is 2.05. The summed E-state index contributed by atoms with van der Waals surface area (Å²) in [5.74, 6) is 2.21. The molecular weight excluding hydrogens is 478 g/mol. The Bertz CT molecular complexity index is 702. The van der Waals surface area contributed by atoms with E-state index in [1.807, 2.05) is 13.0 Å². The molecule has 0 bridgehead atoms. The van der Waals surface area contributed by atoms with E-state index in [2.05, 4.69) is 34.6 Å². The molecule has 0 saturated heterocycles. The van der Waals surface area contributed by atoms with Crippen molar-refractivity contribution >= 4 is 41.7 Å². The van der Waals surface area contributed by atoms with Crippen LogP contribution in [0.25, 0.3) is 0 Å². The molecule has 27 heavy (non-hydrogen) atoms. The Morgan fingerprint density at radius 3 is 2.63 bits per heavy atom. The average Bonchev–Trinajstić information content (AvgIpc) is 3.06. The third-order valence-corrected chi connectivity index (χ3v) is 4.89. The molecule has 1 aromatic carbocycles. The fraction of sp³-hybridized carbons (Fsp3) is 0.474. The molecular formula is C19H28FIN4OS. The molecule has 150 valence electrons. The lowest BCUT2D eigenvalue weighted by molar-refractivity contribution is 0.380. The molecule has 2 rings (SSSR count). The maximum atomic E-state index is 13.6. The fourth-order valence-corrected chi connectivity index (χ4v) is 3.31. The number of hydrogen-bond donors (Lipinski definition) is 2. The standard InChI is InChI=1S/C19H27FN4OS.HI/c1-4-16-14(17(5-2)25-24-16)13-23-19(21-6-3)22-11-12-26-18-10-8-7-9-15(18)20;/h7-10H,4-6,11-13H2,1-3H3,(H2,21,22,23);1H. The second-order valence-electron chi connectivity index (χ2n) is 5.64. The van der Waals surface area contributed by atoms with E-state index in [4.69, 9.17) is 4.52 Å². The highest BCUT2D eigenvalue weighted by Crippen LogP contribution is 2.20. The summed E-state index contributed by atoms with van der Waals surface area (Å²) in [6, 6.07) is 6.83. The normalized spacial score (nSPS) is 11.2. The number of aryl methyl sites for hydroxylation is 2. The summed E-state index contributed by atoms with van der Waals surface area (Å²) in [5, 5.41) is 10.6. The fourth-order valence-electron chi connectivity index (χ4n) is 2.51. The van der Waals surface area contributed by atoms with Crippen LogP contribution in [0.15, 0.2) is 38.7 Å². The van der Waals surface area contributed by atoms with Gasteiger partial charge in [0, 0.05) is 35.7 Å². The number of thioether (sulfide) groups is 1. The third-order valence-electron chi connectivity index (χ3n) is 3.84. The highest BCUT2D eigenvalue weighted by molar-refractivity contribution is 14.0.